The molecule has 1 aromatic rings. The summed E-state index contributed by atoms with van der Waals surface area (Å²) >= 11 is 0.648. The molecule has 0 fully saturated rings. The molecule has 16 heavy (non-hydrogen) atoms. The second-order valence-corrected chi connectivity index (χ2v) is 6.53. The average Bonchev–Trinajstić information content (AvgIpc) is 2.28. The summed E-state index contributed by atoms with van der Waals surface area (Å²) < 4.78 is 23.6. The first-order valence-corrected chi connectivity index (χ1v) is 7.54. The third-order valence-electron chi connectivity index (χ3n) is 2.17. The summed E-state index contributed by atoms with van der Waals surface area (Å²) in [6.07, 6.45) is 0. The highest BCUT2D eigenvalue weighted by atomic mass is 32.2. The lowest BCUT2D eigenvalue weighted by Gasteiger charge is -2.06. The number of hydrogen-bond donors (Lipinski definition) is 1. The standard InChI is InChI=1S/C11H14O3S2/c1-9(15-2)11(12)8-16(13,14)10-6-4-3-5-7-10/h3-7,9,15H,2,8H2,1H3. The predicted octanol–water partition coefficient (Wildman–Crippen LogP) is 1.32. The van der Waals surface area contributed by atoms with Crippen molar-refractivity contribution < 1.29 is 13.2 Å². The Bertz CT molecular complexity index is 477. The minimum absolute atomic E-state index is 0.191. The Balaban J connectivity index is 2.90. The molecule has 1 unspecified atom stereocenters. The molecule has 3 nitrogen and oxygen atoms in total. The zero-order valence-corrected chi connectivity index (χ0v) is 10.7. The van der Waals surface area contributed by atoms with Gasteiger partial charge >= 0.3 is 0 Å². The third kappa shape index (κ3) is 3.28. The Morgan fingerprint density at radius 1 is 1.38 bits per heavy atom. The molecule has 0 aliphatic heterocycles. The number of rotatable bonds is 5. The molecule has 88 valence electrons. The molecule has 0 amide bonds. The summed E-state index contributed by atoms with van der Waals surface area (Å²) in [7, 11) is -3.50. The fourth-order valence-electron chi connectivity index (χ4n) is 1.12. The molecule has 0 aromatic heterocycles. The lowest BCUT2D eigenvalue weighted by molar-refractivity contribution is -0.115. The fourth-order valence-corrected chi connectivity index (χ4v) is 2.90. The van der Waals surface area contributed by atoms with E-state index in [0.717, 1.165) is 0 Å². The van der Waals surface area contributed by atoms with Crippen LogP contribution in [0.25, 0.3) is 0 Å². The maximum atomic E-state index is 11.8. The quantitative estimate of drug-likeness (QED) is 0.640. The SMILES string of the molecule is C=[SH]C(C)C(=O)CS(=O)(=O)c1ccccc1. The van der Waals surface area contributed by atoms with Gasteiger partial charge in [0.2, 0.25) is 0 Å². The molecule has 0 saturated heterocycles. The van der Waals surface area contributed by atoms with Gasteiger partial charge in [-0.15, -0.1) is 0 Å². The van der Waals surface area contributed by atoms with E-state index in [1.807, 2.05) is 0 Å². The van der Waals surface area contributed by atoms with Crippen LogP contribution in [0.15, 0.2) is 35.2 Å². The number of Topliss-reactive ketones (excluding diaryl/α,β-unsaturated/α-hetero) is 1. The lowest BCUT2D eigenvalue weighted by Crippen LogP contribution is -2.22. The van der Waals surface area contributed by atoms with E-state index in [4.69, 9.17) is 0 Å². The molecule has 0 bridgehead atoms. The summed E-state index contributed by atoms with van der Waals surface area (Å²) in [6.45, 7) is 1.68. The molecular formula is C11H14O3S2. The van der Waals surface area contributed by atoms with E-state index in [2.05, 4.69) is 5.87 Å². The van der Waals surface area contributed by atoms with Crippen LogP contribution in [0.5, 0.6) is 0 Å². The van der Waals surface area contributed by atoms with Crippen LogP contribution in [0.4, 0.5) is 0 Å². The highest BCUT2D eigenvalue weighted by molar-refractivity contribution is 7.98. The molecule has 0 radical (unpaired) electrons. The highest BCUT2D eigenvalue weighted by Gasteiger charge is 2.21. The Kier molecular flexibility index (Phi) is 4.44. The van der Waals surface area contributed by atoms with Crippen LogP contribution in [0.2, 0.25) is 0 Å². The number of hydrogen-bond acceptors (Lipinski definition) is 3. The van der Waals surface area contributed by atoms with E-state index < -0.39 is 15.6 Å². The van der Waals surface area contributed by atoms with Crippen LogP contribution >= 0.6 is 11.4 Å². The van der Waals surface area contributed by atoms with Crippen molar-refractivity contribution >= 4 is 32.8 Å². The number of carbonyl (C=O) groups excluding carboxylic acids is 1. The van der Waals surface area contributed by atoms with Crippen LogP contribution in [-0.4, -0.2) is 31.1 Å². The van der Waals surface area contributed by atoms with Gasteiger partial charge in [-0.25, -0.2) is 8.42 Å². The normalized spacial score (nSPS) is 13.3. The molecule has 0 aliphatic rings. The van der Waals surface area contributed by atoms with E-state index in [-0.39, 0.29) is 15.9 Å². The minimum atomic E-state index is -3.50. The van der Waals surface area contributed by atoms with Crippen LogP contribution in [0, 0.1) is 0 Å². The number of ketones is 1. The van der Waals surface area contributed by atoms with Gasteiger partial charge in [-0.2, -0.15) is 11.4 Å². The van der Waals surface area contributed by atoms with Crippen LogP contribution in [0.3, 0.4) is 0 Å². The molecule has 1 atom stereocenters. The van der Waals surface area contributed by atoms with Crippen molar-refractivity contribution in [1.29, 1.82) is 0 Å². The van der Waals surface area contributed by atoms with E-state index in [9.17, 15) is 13.2 Å². The van der Waals surface area contributed by atoms with Gasteiger partial charge in [-0.05, 0) is 19.1 Å². The molecular weight excluding hydrogens is 244 g/mol. The molecule has 1 aromatic carbocycles. The Labute approximate surface area is 99.4 Å². The first-order valence-electron chi connectivity index (χ1n) is 4.73. The molecule has 1 rings (SSSR count). The van der Waals surface area contributed by atoms with Crippen molar-refractivity contribution in [3.63, 3.8) is 0 Å². The number of benzene rings is 1. The van der Waals surface area contributed by atoms with Crippen molar-refractivity contribution in [2.45, 2.75) is 17.1 Å². The largest absolute Gasteiger partial charge is 0.297 e. The number of sulfone groups is 1. The average molecular weight is 258 g/mol. The Morgan fingerprint density at radius 3 is 2.44 bits per heavy atom. The van der Waals surface area contributed by atoms with Crippen LogP contribution < -0.4 is 0 Å². The molecule has 0 spiro atoms. The Hall–Kier alpha value is -0.940. The van der Waals surface area contributed by atoms with Crippen LogP contribution in [0.1, 0.15) is 6.92 Å². The van der Waals surface area contributed by atoms with E-state index in [1.165, 1.54) is 12.1 Å². The summed E-state index contributed by atoms with van der Waals surface area (Å²) in [5.74, 6) is 2.83. The molecule has 5 heteroatoms. The predicted molar refractivity (Wildman–Crippen MR) is 69.1 cm³/mol. The van der Waals surface area contributed by atoms with E-state index >= 15 is 0 Å². The van der Waals surface area contributed by atoms with Gasteiger partial charge in [0.05, 0.1) is 10.1 Å². The molecule has 0 heterocycles. The molecule has 0 aliphatic carbocycles. The monoisotopic (exact) mass is 258 g/mol. The maximum Gasteiger partial charge on any atom is 0.185 e. The van der Waals surface area contributed by atoms with Gasteiger partial charge in [0.1, 0.15) is 5.75 Å². The smallest absolute Gasteiger partial charge is 0.185 e. The topological polar surface area (TPSA) is 51.2 Å². The van der Waals surface area contributed by atoms with Gasteiger partial charge in [-0.3, -0.25) is 4.79 Å². The summed E-state index contributed by atoms with van der Waals surface area (Å²) in [5.41, 5.74) is 0. The van der Waals surface area contributed by atoms with Crippen molar-refractivity contribution in [2.75, 3.05) is 5.75 Å². The van der Waals surface area contributed by atoms with Crippen LogP contribution in [-0.2, 0) is 14.6 Å². The minimum Gasteiger partial charge on any atom is -0.297 e. The lowest BCUT2D eigenvalue weighted by atomic mass is 10.3. The third-order valence-corrected chi connectivity index (χ3v) is 4.67. The number of carbonyl (C=O) groups is 1. The highest BCUT2D eigenvalue weighted by Crippen LogP contribution is 2.12. The van der Waals surface area contributed by atoms with Gasteiger partial charge in [-0.1, -0.05) is 24.1 Å². The van der Waals surface area contributed by atoms with Gasteiger partial charge in [0.25, 0.3) is 0 Å². The second-order valence-electron chi connectivity index (χ2n) is 3.40. The van der Waals surface area contributed by atoms with Crippen molar-refractivity contribution in [2.24, 2.45) is 0 Å². The summed E-state index contributed by atoms with van der Waals surface area (Å²) in [4.78, 5) is 11.7. The Morgan fingerprint density at radius 2 is 1.94 bits per heavy atom. The van der Waals surface area contributed by atoms with Crippen molar-refractivity contribution in [3.8, 4) is 0 Å². The first-order chi connectivity index (χ1) is 7.47. The second kappa shape index (κ2) is 5.41. The van der Waals surface area contributed by atoms with Crippen molar-refractivity contribution in [3.05, 3.63) is 30.3 Å². The zero-order chi connectivity index (χ0) is 12.2. The van der Waals surface area contributed by atoms with Gasteiger partial charge in [0, 0.05) is 0 Å². The maximum absolute atomic E-state index is 11.8. The molecule has 0 N–H and O–H groups in total. The van der Waals surface area contributed by atoms with E-state index in [1.54, 1.807) is 25.1 Å². The first kappa shape index (κ1) is 13.1. The van der Waals surface area contributed by atoms with Gasteiger partial charge < -0.3 is 0 Å². The summed E-state index contributed by atoms with van der Waals surface area (Å²) in [6, 6.07) is 8.00. The van der Waals surface area contributed by atoms with Gasteiger partial charge in [0.15, 0.2) is 15.6 Å². The van der Waals surface area contributed by atoms with E-state index in [0.29, 0.717) is 11.4 Å². The number of thiol groups is 1. The zero-order valence-electron chi connectivity index (χ0n) is 8.96. The van der Waals surface area contributed by atoms with Crippen molar-refractivity contribution in [1.82, 2.24) is 0 Å². The fraction of sp³-hybridized carbons (Fsp3) is 0.273. The summed E-state index contributed by atoms with van der Waals surface area (Å²) in [5, 5.41) is -0.335. The molecule has 0 saturated carbocycles.